The Bertz CT molecular complexity index is 284. The first kappa shape index (κ1) is 9.71. The van der Waals surface area contributed by atoms with Gasteiger partial charge >= 0.3 is 0 Å². The van der Waals surface area contributed by atoms with Crippen LogP contribution in [0.5, 0.6) is 5.88 Å². The molecule has 0 atom stereocenters. The van der Waals surface area contributed by atoms with Gasteiger partial charge in [-0.2, -0.15) is 0 Å². The molecule has 1 aromatic heterocycles. The van der Waals surface area contributed by atoms with Gasteiger partial charge in [-0.05, 0) is 12.0 Å². The second-order valence-electron chi connectivity index (χ2n) is 3.03. The van der Waals surface area contributed by atoms with Gasteiger partial charge in [-0.3, -0.25) is 4.79 Å². The minimum atomic E-state index is 0.0662. The van der Waals surface area contributed by atoms with Crippen molar-refractivity contribution in [2.45, 2.75) is 19.8 Å². The molecule has 1 rings (SSSR count). The molecule has 0 aliphatic carbocycles. The molecule has 0 spiro atoms. The van der Waals surface area contributed by atoms with Crippen LogP contribution in [0.1, 0.15) is 25.3 Å². The summed E-state index contributed by atoms with van der Waals surface area (Å²) in [6, 6.07) is 3.82. The second kappa shape index (κ2) is 4.60. The van der Waals surface area contributed by atoms with Crippen LogP contribution < -0.4 is 4.74 Å². The van der Waals surface area contributed by atoms with E-state index >= 15 is 0 Å². The highest BCUT2D eigenvalue weighted by molar-refractivity contribution is 5.51. The van der Waals surface area contributed by atoms with Gasteiger partial charge in [-0.15, -0.1) is 0 Å². The number of hydrogen-bond donors (Lipinski definition) is 0. The number of carbonyl (C=O) groups excluding carboxylic acids is 1. The lowest BCUT2D eigenvalue weighted by Gasteiger charge is -2.10. The molecule has 0 radical (unpaired) electrons. The van der Waals surface area contributed by atoms with E-state index in [9.17, 15) is 4.79 Å². The van der Waals surface area contributed by atoms with Crippen molar-refractivity contribution in [3.8, 4) is 5.88 Å². The van der Waals surface area contributed by atoms with Crippen LogP contribution in [-0.4, -0.2) is 17.9 Å². The lowest BCUT2D eigenvalue weighted by atomic mass is 10.1. The van der Waals surface area contributed by atoms with Crippen LogP contribution in [-0.2, 0) is 4.79 Å². The number of rotatable bonds is 4. The fraction of sp³-hybridized carbons (Fsp3) is 0.400. The van der Waals surface area contributed by atoms with Crippen molar-refractivity contribution >= 4 is 6.29 Å². The zero-order valence-electron chi connectivity index (χ0n) is 7.86. The zero-order valence-corrected chi connectivity index (χ0v) is 7.86. The van der Waals surface area contributed by atoms with Crippen LogP contribution in [0.15, 0.2) is 18.3 Å². The van der Waals surface area contributed by atoms with Crippen molar-refractivity contribution < 1.29 is 9.53 Å². The summed E-state index contributed by atoms with van der Waals surface area (Å²) < 4.78 is 5.17. The SMILES string of the molecule is CC(C)c1cccnc1OCC=O. The van der Waals surface area contributed by atoms with Gasteiger partial charge in [0.15, 0.2) is 6.29 Å². The summed E-state index contributed by atoms with van der Waals surface area (Å²) in [6.07, 6.45) is 2.38. The van der Waals surface area contributed by atoms with Crippen LogP contribution >= 0.6 is 0 Å². The van der Waals surface area contributed by atoms with Gasteiger partial charge in [0, 0.05) is 11.8 Å². The highest BCUT2D eigenvalue weighted by atomic mass is 16.5. The van der Waals surface area contributed by atoms with Gasteiger partial charge in [-0.25, -0.2) is 4.98 Å². The number of carbonyl (C=O) groups is 1. The summed E-state index contributed by atoms with van der Waals surface area (Å²) in [5.41, 5.74) is 1.03. The number of hydrogen-bond acceptors (Lipinski definition) is 3. The lowest BCUT2D eigenvalue weighted by molar-refractivity contribution is -0.109. The molecule has 0 saturated heterocycles. The van der Waals surface area contributed by atoms with E-state index in [0.29, 0.717) is 11.8 Å². The van der Waals surface area contributed by atoms with E-state index in [2.05, 4.69) is 18.8 Å². The molecular formula is C10H13NO2. The molecule has 1 heterocycles. The molecule has 3 heteroatoms. The van der Waals surface area contributed by atoms with Crippen molar-refractivity contribution in [1.82, 2.24) is 4.98 Å². The highest BCUT2D eigenvalue weighted by Crippen LogP contribution is 2.22. The Morgan fingerprint density at radius 1 is 1.62 bits per heavy atom. The van der Waals surface area contributed by atoms with Crippen molar-refractivity contribution in [2.75, 3.05) is 6.61 Å². The van der Waals surface area contributed by atoms with Gasteiger partial charge in [-0.1, -0.05) is 19.9 Å². The van der Waals surface area contributed by atoms with E-state index in [-0.39, 0.29) is 6.61 Å². The topological polar surface area (TPSA) is 39.2 Å². The molecule has 3 nitrogen and oxygen atoms in total. The Kier molecular flexibility index (Phi) is 3.43. The smallest absolute Gasteiger partial charge is 0.217 e. The van der Waals surface area contributed by atoms with Gasteiger partial charge in [0.2, 0.25) is 5.88 Å². The average molecular weight is 179 g/mol. The lowest BCUT2D eigenvalue weighted by Crippen LogP contribution is -2.03. The first-order valence-corrected chi connectivity index (χ1v) is 4.27. The maximum atomic E-state index is 10.1. The normalized spacial score (nSPS) is 10.1. The third-order valence-corrected chi connectivity index (χ3v) is 1.71. The Balaban J connectivity index is 2.84. The van der Waals surface area contributed by atoms with Crippen LogP contribution in [0.2, 0.25) is 0 Å². The summed E-state index contributed by atoms with van der Waals surface area (Å²) in [5, 5.41) is 0. The van der Waals surface area contributed by atoms with Crippen molar-refractivity contribution in [1.29, 1.82) is 0 Å². The molecule has 0 saturated carbocycles. The second-order valence-corrected chi connectivity index (χ2v) is 3.03. The summed E-state index contributed by atoms with van der Waals surface area (Å²) in [4.78, 5) is 14.2. The molecule has 0 aromatic carbocycles. The molecule has 0 aliphatic heterocycles. The summed E-state index contributed by atoms with van der Waals surface area (Å²) >= 11 is 0. The number of aldehydes is 1. The van der Waals surface area contributed by atoms with Crippen molar-refractivity contribution in [3.63, 3.8) is 0 Å². The van der Waals surface area contributed by atoms with Crippen LogP contribution in [0.4, 0.5) is 0 Å². The predicted molar refractivity (Wildman–Crippen MR) is 49.9 cm³/mol. The molecule has 13 heavy (non-hydrogen) atoms. The predicted octanol–water partition coefficient (Wildman–Crippen LogP) is 1.78. The van der Waals surface area contributed by atoms with Gasteiger partial charge in [0.05, 0.1) is 0 Å². The Hall–Kier alpha value is -1.38. The molecular weight excluding hydrogens is 166 g/mol. The standard InChI is InChI=1S/C10H13NO2/c1-8(2)9-4-3-5-11-10(9)13-7-6-12/h3-6,8H,7H2,1-2H3. The largest absolute Gasteiger partial charge is 0.470 e. The monoisotopic (exact) mass is 179 g/mol. The number of nitrogens with zero attached hydrogens (tertiary/aromatic N) is 1. The Morgan fingerprint density at radius 3 is 3.00 bits per heavy atom. The molecule has 0 N–H and O–H groups in total. The Morgan fingerprint density at radius 2 is 2.38 bits per heavy atom. The third kappa shape index (κ3) is 2.54. The van der Waals surface area contributed by atoms with E-state index < -0.39 is 0 Å². The zero-order chi connectivity index (χ0) is 9.68. The maximum Gasteiger partial charge on any atom is 0.217 e. The minimum absolute atomic E-state index is 0.0662. The molecule has 0 fully saturated rings. The first-order chi connectivity index (χ1) is 6.25. The fourth-order valence-corrected chi connectivity index (χ4v) is 1.08. The molecule has 0 aliphatic rings. The first-order valence-electron chi connectivity index (χ1n) is 4.27. The molecule has 70 valence electrons. The minimum Gasteiger partial charge on any atom is -0.470 e. The third-order valence-electron chi connectivity index (χ3n) is 1.71. The van der Waals surface area contributed by atoms with Crippen LogP contribution in [0.3, 0.4) is 0 Å². The summed E-state index contributed by atoms with van der Waals surface area (Å²) in [7, 11) is 0. The summed E-state index contributed by atoms with van der Waals surface area (Å²) in [6.45, 7) is 4.19. The van der Waals surface area contributed by atoms with Crippen LogP contribution in [0.25, 0.3) is 0 Å². The molecule has 0 unspecified atom stereocenters. The van der Waals surface area contributed by atoms with Crippen molar-refractivity contribution in [2.24, 2.45) is 0 Å². The van der Waals surface area contributed by atoms with E-state index in [4.69, 9.17) is 4.74 Å². The molecule has 0 amide bonds. The van der Waals surface area contributed by atoms with E-state index in [1.807, 2.05) is 12.1 Å². The van der Waals surface area contributed by atoms with Crippen LogP contribution in [0, 0.1) is 0 Å². The average Bonchev–Trinajstić information content (AvgIpc) is 2.15. The van der Waals surface area contributed by atoms with Gasteiger partial charge in [0.25, 0.3) is 0 Å². The summed E-state index contributed by atoms with van der Waals surface area (Å²) in [5.74, 6) is 0.917. The number of aromatic nitrogens is 1. The van der Waals surface area contributed by atoms with E-state index in [0.717, 1.165) is 11.8 Å². The fourth-order valence-electron chi connectivity index (χ4n) is 1.08. The van der Waals surface area contributed by atoms with E-state index in [1.54, 1.807) is 6.20 Å². The van der Waals surface area contributed by atoms with E-state index in [1.165, 1.54) is 0 Å². The quantitative estimate of drug-likeness (QED) is 0.661. The number of pyridine rings is 1. The maximum absolute atomic E-state index is 10.1. The van der Waals surface area contributed by atoms with Gasteiger partial charge in [0.1, 0.15) is 6.61 Å². The molecule has 1 aromatic rings. The van der Waals surface area contributed by atoms with Crippen molar-refractivity contribution in [3.05, 3.63) is 23.9 Å². The highest BCUT2D eigenvalue weighted by Gasteiger charge is 2.07. The Labute approximate surface area is 77.8 Å². The number of ether oxygens (including phenoxy) is 1. The molecule has 0 bridgehead atoms. The van der Waals surface area contributed by atoms with Gasteiger partial charge < -0.3 is 4.74 Å².